The molecule has 4 fully saturated rings. The Morgan fingerprint density at radius 3 is 2.38 bits per heavy atom. The minimum atomic E-state index is -4.06. The fourth-order valence-electron chi connectivity index (χ4n) is 9.22. The van der Waals surface area contributed by atoms with Gasteiger partial charge in [0.1, 0.15) is 0 Å². The normalized spacial score (nSPS) is 45.1. The van der Waals surface area contributed by atoms with Crippen molar-refractivity contribution in [2.45, 2.75) is 97.2 Å². The van der Waals surface area contributed by atoms with Gasteiger partial charge < -0.3 is 15.5 Å². The Kier molecular flexibility index (Phi) is 7.47. The molecule has 1 amide bonds. The van der Waals surface area contributed by atoms with Crippen molar-refractivity contribution in [3.8, 4) is 0 Å². The Hall–Kier alpha value is -0.700. The maximum atomic E-state index is 12.2. The molecule has 4 N–H and O–H groups in total. The highest BCUT2D eigenvalue weighted by Gasteiger charge is 2.62. The summed E-state index contributed by atoms with van der Waals surface area (Å²) in [6.45, 7) is 7.05. The summed E-state index contributed by atoms with van der Waals surface area (Å²) in [5.41, 5.74) is 0.367. The molecule has 0 aromatic carbocycles. The number of hydrogen-bond donors (Lipinski definition) is 4. The molecular formula is C26H45NO6S. The SMILES string of the molecule is CC(CCC(=O)NCCS(=O)(=O)O)[C@H]1CCC2C3C[C@H](O)C4C[C@H](O)CC[C@]4(C)C3CC[C@@]21C. The number of carbonyl (C=O) groups excluding carboxylic acids is 1. The molecule has 0 saturated heterocycles. The van der Waals surface area contributed by atoms with E-state index in [9.17, 15) is 23.4 Å². The van der Waals surface area contributed by atoms with E-state index in [-0.39, 0.29) is 41.4 Å². The zero-order valence-electron chi connectivity index (χ0n) is 21.1. The molecule has 10 atom stereocenters. The Bertz CT molecular complexity index is 863. The van der Waals surface area contributed by atoms with Crippen molar-refractivity contribution in [3.63, 3.8) is 0 Å². The van der Waals surface area contributed by atoms with E-state index in [0.29, 0.717) is 36.0 Å². The quantitative estimate of drug-likeness (QED) is 0.398. The highest BCUT2D eigenvalue weighted by Crippen LogP contribution is 2.68. The standard InChI is InChI=1S/C26H45NO6S/c1-16(4-7-24(30)27-12-13-34(31,32)33)19-5-6-20-18-15-23(29)22-14-17(28)8-10-26(22,3)21(18)9-11-25(19,20)2/h16-23,28-29H,4-15H2,1-3H3,(H,27,30)(H,31,32,33)/t16?,17-,18?,19-,20?,21?,22?,23+,25-,26-/m1/s1. The lowest BCUT2D eigenvalue weighted by Crippen LogP contribution is -2.58. The second-order valence-electron chi connectivity index (χ2n) is 12.6. The summed E-state index contributed by atoms with van der Waals surface area (Å²) in [6.07, 6.45) is 8.84. The van der Waals surface area contributed by atoms with Gasteiger partial charge in [0.15, 0.2) is 0 Å². The van der Waals surface area contributed by atoms with Crippen molar-refractivity contribution in [3.05, 3.63) is 0 Å². The first-order chi connectivity index (χ1) is 15.8. The van der Waals surface area contributed by atoms with E-state index in [4.69, 9.17) is 4.55 Å². The molecule has 0 bridgehead atoms. The fourth-order valence-corrected chi connectivity index (χ4v) is 9.58. The predicted octanol–water partition coefficient (Wildman–Crippen LogP) is 3.40. The van der Waals surface area contributed by atoms with Crippen LogP contribution in [0, 0.1) is 46.3 Å². The molecule has 0 aliphatic heterocycles. The maximum absolute atomic E-state index is 12.2. The molecular weight excluding hydrogens is 454 g/mol. The Morgan fingerprint density at radius 1 is 1.00 bits per heavy atom. The third-order valence-corrected chi connectivity index (χ3v) is 11.6. The lowest BCUT2D eigenvalue weighted by atomic mass is 9.44. The van der Waals surface area contributed by atoms with Gasteiger partial charge in [-0.1, -0.05) is 20.8 Å². The van der Waals surface area contributed by atoms with Crippen molar-refractivity contribution in [2.75, 3.05) is 12.3 Å². The summed E-state index contributed by atoms with van der Waals surface area (Å²) in [5, 5.41) is 24.0. The number of aliphatic hydroxyl groups is 2. The van der Waals surface area contributed by atoms with Crippen molar-refractivity contribution >= 4 is 16.0 Å². The Morgan fingerprint density at radius 2 is 1.68 bits per heavy atom. The van der Waals surface area contributed by atoms with E-state index in [1.54, 1.807) is 0 Å². The van der Waals surface area contributed by atoms with Crippen molar-refractivity contribution < 1.29 is 28.0 Å². The number of rotatable bonds is 7. The number of carbonyl (C=O) groups is 1. The van der Waals surface area contributed by atoms with Crippen LogP contribution in [0.25, 0.3) is 0 Å². The summed E-state index contributed by atoms with van der Waals surface area (Å²) in [7, 11) is -4.06. The van der Waals surface area contributed by atoms with Crippen LogP contribution in [0.2, 0.25) is 0 Å². The molecule has 8 heteroatoms. The van der Waals surface area contributed by atoms with Crippen LogP contribution in [0.1, 0.15) is 85.0 Å². The smallest absolute Gasteiger partial charge is 0.266 e. The average molecular weight is 500 g/mol. The van der Waals surface area contributed by atoms with Gasteiger partial charge in [-0.15, -0.1) is 0 Å². The van der Waals surface area contributed by atoms with Gasteiger partial charge in [-0.2, -0.15) is 8.42 Å². The van der Waals surface area contributed by atoms with Gasteiger partial charge in [-0.25, -0.2) is 0 Å². The summed E-state index contributed by atoms with van der Waals surface area (Å²) < 4.78 is 30.5. The Labute approximate surface area is 205 Å². The van der Waals surface area contributed by atoms with Crippen LogP contribution in [-0.4, -0.2) is 53.6 Å². The number of nitrogens with one attached hydrogen (secondary N) is 1. The van der Waals surface area contributed by atoms with Crippen molar-refractivity contribution in [2.24, 2.45) is 46.3 Å². The third kappa shape index (κ3) is 4.94. The Balaban J connectivity index is 1.38. The first-order valence-electron chi connectivity index (χ1n) is 13.4. The lowest BCUT2D eigenvalue weighted by Gasteiger charge is -2.62. The molecule has 4 aliphatic rings. The van der Waals surface area contributed by atoms with Crippen molar-refractivity contribution in [1.82, 2.24) is 5.32 Å². The monoisotopic (exact) mass is 499 g/mol. The second kappa shape index (κ2) is 9.64. The van der Waals surface area contributed by atoms with E-state index < -0.39 is 15.9 Å². The van der Waals surface area contributed by atoms with Crippen LogP contribution in [0.5, 0.6) is 0 Å². The molecule has 5 unspecified atom stereocenters. The van der Waals surface area contributed by atoms with E-state index >= 15 is 0 Å². The minimum absolute atomic E-state index is 0.0581. The average Bonchev–Trinajstić information content (AvgIpc) is 3.10. The summed E-state index contributed by atoms with van der Waals surface area (Å²) in [4.78, 5) is 12.2. The molecule has 4 aliphatic carbocycles. The fraction of sp³-hybridized carbons (Fsp3) is 0.962. The van der Waals surface area contributed by atoms with Gasteiger partial charge in [0, 0.05) is 13.0 Å². The zero-order valence-corrected chi connectivity index (χ0v) is 21.9. The molecule has 34 heavy (non-hydrogen) atoms. The maximum Gasteiger partial charge on any atom is 0.266 e. The molecule has 0 spiro atoms. The zero-order chi connectivity index (χ0) is 24.9. The largest absolute Gasteiger partial charge is 0.393 e. The molecule has 196 valence electrons. The molecule has 0 radical (unpaired) electrons. The van der Waals surface area contributed by atoms with Crippen LogP contribution in [-0.2, 0) is 14.9 Å². The molecule has 0 aromatic heterocycles. The van der Waals surface area contributed by atoms with Gasteiger partial charge in [0.25, 0.3) is 10.1 Å². The van der Waals surface area contributed by atoms with E-state index in [2.05, 4.69) is 26.1 Å². The van der Waals surface area contributed by atoms with Gasteiger partial charge in [0.2, 0.25) is 5.91 Å². The van der Waals surface area contributed by atoms with Crippen molar-refractivity contribution in [1.29, 1.82) is 0 Å². The van der Waals surface area contributed by atoms with E-state index in [0.717, 1.165) is 32.1 Å². The van der Waals surface area contributed by atoms with Crippen LogP contribution in [0.4, 0.5) is 0 Å². The molecule has 7 nitrogen and oxygen atoms in total. The molecule has 0 aromatic rings. The first kappa shape index (κ1) is 26.4. The van der Waals surface area contributed by atoms with Gasteiger partial charge >= 0.3 is 0 Å². The lowest BCUT2D eigenvalue weighted by molar-refractivity contribution is -0.172. The second-order valence-corrected chi connectivity index (χ2v) is 14.2. The number of fused-ring (bicyclic) bond motifs is 5. The van der Waals surface area contributed by atoms with Crippen LogP contribution < -0.4 is 5.32 Å². The number of amides is 1. The predicted molar refractivity (Wildman–Crippen MR) is 130 cm³/mol. The van der Waals surface area contributed by atoms with E-state index in [1.165, 1.54) is 25.7 Å². The molecule has 4 rings (SSSR count). The summed E-state index contributed by atoms with van der Waals surface area (Å²) in [5.74, 6) is 2.36. The number of hydrogen-bond acceptors (Lipinski definition) is 5. The van der Waals surface area contributed by atoms with Crippen LogP contribution in [0.3, 0.4) is 0 Å². The molecule has 4 saturated carbocycles. The summed E-state index contributed by atoms with van der Waals surface area (Å²) in [6, 6.07) is 0. The molecule has 0 heterocycles. The summed E-state index contributed by atoms with van der Waals surface area (Å²) >= 11 is 0. The minimum Gasteiger partial charge on any atom is -0.393 e. The highest BCUT2D eigenvalue weighted by molar-refractivity contribution is 7.85. The van der Waals surface area contributed by atoms with Crippen LogP contribution in [0.15, 0.2) is 0 Å². The van der Waals surface area contributed by atoms with Gasteiger partial charge in [0.05, 0.1) is 18.0 Å². The number of aliphatic hydroxyl groups excluding tert-OH is 2. The highest BCUT2D eigenvalue weighted by atomic mass is 32.2. The van der Waals surface area contributed by atoms with Gasteiger partial charge in [-0.05, 0) is 104 Å². The van der Waals surface area contributed by atoms with Crippen LogP contribution >= 0.6 is 0 Å². The topological polar surface area (TPSA) is 124 Å². The van der Waals surface area contributed by atoms with Gasteiger partial charge in [-0.3, -0.25) is 9.35 Å². The van der Waals surface area contributed by atoms with E-state index in [1.807, 2.05) is 0 Å². The third-order valence-electron chi connectivity index (χ3n) is 10.9. The first-order valence-corrected chi connectivity index (χ1v) is 15.0.